The van der Waals surface area contributed by atoms with Crippen molar-refractivity contribution in [3.8, 4) is 11.5 Å². The van der Waals surface area contributed by atoms with E-state index in [4.69, 9.17) is 13.9 Å². The summed E-state index contributed by atoms with van der Waals surface area (Å²) in [4.78, 5) is 19.6. The zero-order chi connectivity index (χ0) is 17.6. The number of fused-ring (bicyclic) bond motifs is 2. The van der Waals surface area contributed by atoms with Crippen LogP contribution in [-0.2, 0) is 20.4 Å². The molecule has 0 N–H and O–H groups in total. The average Bonchev–Trinajstić information content (AvgIpc) is 3.23. The molecule has 0 aliphatic carbocycles. The minimum Gasteiger partial charge on any atom is -0.463 e. The van der Waals surface area contributed by atoms with Gasteiger partial charge in [0.15, 0.2) is 16.7 Å². The number of nitrogens with zero attached hydrogens (tertiary/aromatic N) is 2. The molecule has 0 amide bonds. The van der Waals surface area contributed by atoms with E-state index in [1.165, 1.54) is 12.3 Å². The molecule has 3 atom stereocenters. The van der Waals surface area contributed by atoms with Crippen molar-refractivity contribution in [2.24, 2.45) is 0 Å². The van der Waals surface area contributed by atoms with Crippen LogP contribution in [0.1, 0.15) is 12.1 Å². The van der Waals surface area contributed by atoms with Gasteiger partial charge in [-0.3, -0.25) is 4.79 Å². The van der Waals surface area contributed by atoms with Gasteiger partial charge in [0.2, 0.25) is 6.29 Å². The first-order chi connectivity index (χ1) is 11.9. The Labute approximate surface area is 143 Å². The fourth-order valence-corrected chi connectivity index (χ4v) is 3.75. The highest BCUT2D eigenvalue weighted by Crippen LogP contribution is 2.37. The van der Waals surface area contributed by atoms with Gasteiger partial charge in [-0.15, -0.1) is 0 Å². The Morgan fingerprint density at radius 2 is 2.12 bits per heavy atom. The number of halogens is 3. The smallest absolute Gasteiger partial charge is 0.433 e. The lowest BCUT2D eigenvalue weighted by molar-refractivity contribution is -0.151. The minimum atomic E-state index is -4.62. The SMILES string of the molecule is O=C1C[C@H](Sc2nc(-c3ccco3)cc(C(F)(F)F)n2)[C@@H]2CO[C@H]1O2. The number of hydrogen-bond acceptors (Lipinski definition) is 7. The van der Waals surface area contributed by atoms with Crippen molar-refractivity contribution in [3.63, 3.8) is 0 Å². The Morgan fingerprint density at radius 1 is 1.28 bits per heavy atom. The zero-order valence-corrected chi connectivity index (χ0v) is 13.3. The molecule has 2 aromatic rings. The van der Waals surface area contributed by atoms with E-state index in [1.807, 2.05) is 0 Å². The van der Waals surface area contributed by atoms with Crippen LogP contribution >= 0.6 is 11.8 Å². The van der Waals surface area contributed by atoms with E-state index in [2.05, 4.69) is 9.97 Å². The highest BCUT2D eigenvalue weighted by atomic mass is 32.2. The van der Waals surface area contributed by atoms with E-state index in [1.54, 1.807) is 6.07 Å². The summed E-state index contributed by atoms with van der Waals surface area (Å²) >= 11 is 0.980. The summed E-state index contributed by atoms with van der Waals surface area (Å²) in [6.07, 6.45) is -4.38. The van der Waals surface area contributed by atoms with Crippen molar-refractivity contribution in [2.45, 2.75) is 35.4 Å². The van der Waals surface area contributed by atoms with Gasteiger partial charge in [0.25, 0.3) is 0 Å². The third kappa shape index (κ3) is 3.29. The topological polar surface area (TPSA) is 74.5 Å². The number of thioether (sulfide) groups is 1. The number of hydrogen-bond donors (Lipinski definition) is 0. The van der Waals surface area contributed by atoms with Crippen LogP contribution < -0.4 is 0 Å². The molecule has 4 heterocycles. The van der Waals surface area contributed by atoms with E-state index in [-0.39, 0.29) is 41.5 Å². The molecule has 25 heavy (non-hydrogen) atoms. The molecule has 4 rings (SSSR count). The summed E-state index contributed by atoms with van der Waals surface area (Å²) in [5.41, 5.74) is -1.04. The largest absolute Gasteiger partial charge is 0.463 e. The molecule has 0 radical (unpaired) electrons. The van der Waals surface area contributed by atoms with Crippen LogP contribution in [0.4, 0.5) is 13.2 Å². The van der Waals surface area contributed by atoms with E-state index in [0.717, 1.165) is 17.8 Å². The van der Waals surface area contributed by atoms with Crippen molar-refractivity contribution in [1.82, 2.24) is 9.97 Å². The lowest BCUT2D eigenvalue weighted by atomic mass is 10.1. The maximum atomic E-state index is 13.2. The molecule has 2 bridgehead atoms. The number of ketones is 1. The summed E-state index contributed by atoms with van der Waals surface area (Å²) in [5.74, 6) is -0.0283. The van der Waals surface area contributed by atoms with Gasteiger partial charge in [-0.05, 0) is 18.2 Å². The second-order valence-corrected chi connectivity index (χ2v) is 6.77. The average molecular weight is 372 g/mol. The van der Waals surface area contributed by atoms with E-state index >= 15 is 0 Å². The van der Waals surface area contributed by atoms with Gasteiger partial charge in [0.1, 0.15) is 11.4 Å². The number of carbonyl (C=O) groups is 1. The summed E-state index contributed by atoms with van der Waals surface area (Å²) in [7, 11) is 0. The zero-order valence-electron chi connectivity index (χ0n) is 12.5. The number of carbonyl (C=O) groups excluding carboxylic acids is 1. The number of alkyl halides is 3. The standard InChI is InChI=1S/C15H11F3N2O4S/c16-15(17,18)12-4-7(9-2-1-3-22-9)19-14(20-12)25-11-5-8(21)13-23-6-10(11)24-13/h1-4,10-11,13H,5-6H2/t10-,11-,13-/m0/s1. The normalized spacial score (nSPS) is 26.2. The quantitative estimate of drug-likeness (QED) is 0.767. The molecule has 2 fully saturated rings. The molecule has 2 aliphatic heterocycles. The Hall–Kier alpha value is -1.91. The van der Waals surface area contributed by atoms with Gasteiger partial charge < -0.3 is 13.9 Å². The fraction of sp³-hybridized carbons (Fsp3) is 0.400. The Kier molecular flexibility index (Phi) is 4.05. The number of furan rings is 1. The molecule has 2 saturated heterocycles. The van der Waals surface area contributed by atoms with Crippen molar-refractivity contribution in [3.05, 3.63) is 30.2 Å². The second-order valence-electron chi connectivity index (χ2n) is 5.56. The predicted molar refractivity (Wildman–Crippen MR) is 78.6 cm³/mol. The molecule has 10 heteroatoms. The van der Waals surface area contributed by atoms with E-state index in [0.29, 0.717) is 0 Å². The summed E-state index contributed by atoms with van der Waals surface area (Å²) in [6.45, 7) is 0.220. The van der Waals surface area contributed by atoms with Crippen LogP contribution in [0.2, 0.25) is 0 Å². The summed E-state index contributed by atoms with van der Waals surface area (Å²) in [6, 6.07) is 3.90. The first-order valence-electron chi connectivity index (χ1n) is 7.37. The first-order valence-corrected chi connectivity index (χ1v) is 8.25. The Balaban J connectivity index is 1.66. The van der Waals surface area contributed by atoms with Gasteiger partial charge in [-0.1, -0.05) is 11.8 Å². The van der Waals surface area contributed by atoms with Crippen LogP contribution in [0, 0.1) is 0 Å². The number of aromatic nitrogens is 2. The minimum absolute atomic E-state index is 0.0263. The lowest BCUT2D eigenvalue weighted by Gasteiger charge is -2.25. The first kappa shape index (κ1) is 16.6. The Morgan fingerprint density at radius 3 is 2.84 bits per heavy atom. The monoisotopic (exact) mass is 372 g/mol. The summed E-state index contributed by atoms with van der Waals surface area (Å²) < 4.78 is 55.2. The predicted octanol–water partition coefficient (Wildman–Crippen LogP) is 2.93. The molecule has 6 nitrogen and oxygen atoms in total. The van der Waals surface area contributed by atoms with Crippen molar-refractivity contribution < 1.29 is 31.9 Å². The van der Waals surface area contributed by atoms with Gasteiger partial charge >= 0.3 is 6.18 Å². The molecule has 0 unspecified atom stereocenters. The van der Waals surface area contributed by atoms with Crippen LogP contribution in [0.25, 0.3) is 11.5 Å². The molecule has 0 spiro atoms. The third-order valence-electron chi connectivity index (χ3n) is 3.82. The third-order valence-corrected chi connectivity index (χ3v) is 4.98. The van der Waals surface area contributed by atoms with E-state index < -0.39 is 23.4 Å². The van der Waals surface area contributed by atoms with Gasteiger partial charge in [0, 0.05) is 11.7 Å². The summed E-state index contributed by atoms with van der Waals surface area (Å²) in [5, 5.41) is -0.493. The van der Waals surface area contributed by atoms with Crippen molar-refractivity contribution in [2.75, 3.05) is 6.61 Å². The van der Waals surface area contributed by atoms with Gasteiger partial charge in [-0.25, -0.2) is 9.97 Å². The molecular formula is C15H11F3N2O4S. The van der Waals surface area contributed by atoms with Crippen LogP contribution in [0.15, 0.2) is 34.0 Å². The Bertz CT molecular complexity index is 797. The van der Waals surface area contributed by atoms with Crippen LogP contribution in [-0.4, -0.2) is 40.0 Å². The highest BCUT2D eigenvalue weighted by Gasteiger charge is 2.44. The second kappa shape index (κ2) is 6.11. The maximum Gasteiger partial charge on any atom is 0.433 e. The van der Waals surface area contributed by atoms with Crippen molar-refractivity contribution >= 4 is 17.5 Å². The lowest BCUT2D eigenvalue weighted by Crippen LogP contribution is -2.37. The molecule has 2 aliphatic rings. The number of ether oxygens (including phenoxy) is 2. The van der Waals surface area contributed by atoms with Crippen molar-refractivity contribution in [1.29, 1.82) is 0 Å². The van der Waals surface area contributed by atoms with Crippen LogP contribution in [0.3, 0.4) is 0 Å². The van der Waals surface area contributed by atoms with Gasteiger partial charge in [0.05, 0.1) is 19.0 Å². The fourth-order valence-electron chi connectivity index (χ4n) is 2.64. The molecule has 2 aromatic heterocycles. The number of Topliss-reactive ketones (excluding diaryl/α,β-unsaturated/α-hetero) is 1. The van der Waals surface area contributed by atoms with Crippen LogP contribution in [0.5, 0.6) is 0 Å². The molecule has 0 saturated carbocycles. The molecule has 132 valence electrons. The molecular weight excluding hydrogens is 361 g/mol. The van der Waals surface area contributed by atoms with E-state index in [9.17, 15) is 18.0 Å². The highest BCUT2D eigenvalue weighted by molar-refractivity contribution is 7.99. The van der Waals surface area contributed by atoms with Gasteiger partial charge in [-0.2, -0.15) is 13.2 Å². The maximum absolute atomic E-state index is 13.2. The number of rotatable bonds is 3. The molecule has 0 aromatic carbocycles.